The predicted molar refractivity (Wildman–Crippen MR) is 69.5 cm³/mol. The zero-order valence-electron chi connectivity index (χ0n) is 11.3. The number of esters is 1. The number of fused-ring (bicyclic) bond motifs is 1. The number of carbonyl (C=O) groups excluding carboxylic acids is 2. The van der Waals surface area contributed by atoms with Gasteiger partial charge in [0.2, 0.25) is 0 Å². The number of ketones is 1. The third kappa shape index (κ3) is 1.95. The van der Waals surface area contributed by atoms with Gasteiger partial charge in [-0.1, -0.05) is 0 Å². The maximum absolute atomic E-state index is 12.2. The van der Waals surface area contributed by atoms with Crippen LogP contribution >= 0.6 is 0 Å². The molecule has 0 aromatic carbocycles. The molecule has 0 radical (unpaired) electrons. The summed E-state index contributed by atoms with van der Waals surface area (Å²) in [5.74, 6) is -0.619. The molecule has 19 heavy (non-hydrogen) atoms. The molecule has 0 fully saturated rings. The number of carbonyl (C=O) groups is 2. The molecule has 1 aliphatic carbocycles. The van der Waals surface area contributed by atoms with Crippen molar-refractivity contribution < 1.29 is 19.4 Å². The Morgan fingerprint density at radius 1 is 1.47 bits per heavy atom. The molecule has 102 valence electrons. The second-order valence-corrected chi connectivity index (χ2v) is 4.56. The first-order chi connectivity index (χ1) is 9.02. The van der Waals surface area contributed by atoms with Gasteiger partial charge in [0, 0.05) is 23.9 Å². The van der Waals surface area contributed by atoms with Crippen LogP contribution in [0.1, 0.15) is 45.4 Å². The Morgan fingerprint density at radius 2 is 2.16 bits per heavy atom. The molecule has 2 rings (SSSR count). The quantitative estimate of drug-likeness (QED) is 0.504. The minimum absolute atomic E-state index is 0.201. The van der Waals surface area contributed by atoms with Crippen molar-refractivity contribution in [1.29, 1.82) is 0 Å². The van der Waals surface area contributed by atoms with Crippen LogP contribution in [0, 0.1) is 6.92 Å². The zero-order valence-corrected chi connectivity index (χ0v) is 11.3. The van der Waals surface area contributed by atoms with Crippen LogP contribution in [0.4, 0.5) is 0 Å². The van der Waals surface area contributed by atoms with Gasteiger partial charge in [0.05, 0.1) is 12.9 Å². The van der Waals surface area contributed by atoms with Crippen molar-refractivity contribution in [3.8, 4) is 0 Å². The maximum Gasteiger partial charge on any atom is 0.355 e. The maximum atomic E-state index is 12.2. The van der Waals surface area contributed by atoms with Crippen LogP contribution in [-0.2, 0) is 18.2 Å². The lowest BCUT2D eigenvalue weighted by Crippen LogP contribution is -2.16. The summed E-state index contributed by atoms with van der Waals surface area (Å²) in [6, 6.07) is 0. The van der Waals surface area contributed by atoms with E-state index in [9.17, 15) is 9.59 Å². The zero-order chi connectivity index (χ0) is 14.2. The first kappa shape index (κ1) is 13.4. The normalized spacial score (nSPS) is 16.6. The summed E-state index contributed by atoms with van der Waals surface area (Å²) < 4.78 is 6.75. The van der Waals surface area contributed by atoms with Crippen molar-refractivity contribution in [2.24, 2.45) is 7.05 Å². The predicted octanol–water partition coefficient (Wildman–Crippen LogP) is 2.08. The lowest BCUT2D eigenvalue weighted by atomic mass is 9.90. The first-order valence-corrected chi connectivity index (χ1v) is 6.26. The summed E-state index contributed by atoms with van der Waals surface area (Å²) >= 11 is 0. The Morgan fingerprint density at radius 3 is 2.74 bits per heavy atom. The van der Waals surface area contributed by atoms with Crippen LogP contribution in [-0.4, -0.2) is 28.0 Å². The molecule has 1 aliphatic rings. The number of ether oxygens (including phenoxy) is 1. The van der Waals surface area contributed by atoms with E-state index in [1.807, 2.05) is 0 Å². The van der Waals surface area contributed by atoms with E-state index in [4.69, 9.17) is 9.84 Å². The van der Waals surface area contributed by atoms with Crippen LogP contribution in [0.2, 0.25) is 0 Å². The number of aliphatic hydroxyl groups excluding tert-OH is 1. The topological polar surface area (TPSA) is 68.5 Å². The highest BCUT2D eigenvalue weighted by Gasteiger charge is 2.32. The van der Waals surface area contributed by atoms with E-state index in [0.29, 0.717) is 41.8 Å². The highest BCUT2D eigenvalue weighted by Crippen LogP contribution is 2.31. The van der Waals surface area contributed by atoms with E-state index in [2.05, 4.69) is 0 Å². The molecule has 0 amide bonds. The summed E-state index contributed by atoms with van der Waals surface area (Å²) in [4.78, 5) is 24.2. The lowest BCUT2D eigenvalue weighted by molar-refractivity contribution is 0.0514. The van der Waals surface area contributed by atoms with Gasteiger partial charge in [-0.05, 0) is 32.3 Å². The number of rotatable bonds is 2. The lowest BCUT2D eigenvalue weighted by Gasteiger charge is -2.15. The highest BCUT2D eigenvalue weighted by atomic mass is 16.5. The van der Waals surface area contributed by atoms with Crippen molar-refractivity contribution in [3.63, 3.8) is 0 Å². The fourth-order valence-corrected chi connectivity index (χ4v) is 2.62. The van der Waals surface area contributed by atoms with E-state index >= 15 is 0 Å². The van der Waals surface area contributed by atoms with Gasteiger partial charge in [-0.15, -0.1) is 0 Å². The van der Waals surface area contributed by atoms with Crippen LogP contribution in [0.5, 0.6) is 0 Å². The third-order valence-electron chi connectivity index (χ3n) is 3.53. The smallest absolute Gasteiger partial charge is 0.355 e. The number of aliphatic hydroxyl groups is 1. The Labute approximate surface area is 111 Å². The van der Waals surface area contributed by atoms with Crippen LogP contribution < -0.4 is 0 Å². The third-order valence-corrected chi connectivity index (χ3v) is 3.53. The molecule has 1 aromatic rings. The molecule has 0 atom stereocenters. The Bertz CT molecular complexity index is 581. The van der Waals surface area contributed by atoms with E-state index in [-0.39, 0.29) is 5.78 Å². The van der Waals surface area contributed by atoms with Crippen LogP contribution in [0.3, 0.4) is 0 Å². The van der Waals surface area contributed by atoms with Crippen LogP contribution in [0.25, 0.3) is 0 Å². The molecule has 5 heteroatoms. The molecule has 1 aromatic heterocycles. The van der Waals surface area contributed by atoms with Crippen molar-refractivity contribution in [1.82, 2.24) is 4.57 Å². The number of nitrogens with zero attached hydrogens (tertiary/aromatic N) is 1. The summed E-state index contributed by atoms with van der Waals surface area (Å²) in [5, 5.41) is 9.07. The number of hydrogen-bond donors (Lipinski definition) is 1. The standard InChI is InChI=1S/C14H17NO4/c1-4-19-14(18)12-8(2)11-10(15(12)3)6-5-9(7-16)13(11)17/h7,16H,4-6H2,1-3H3/b9-7+. The summed E-state index contributed by atoms with van der Waals surface area (Å²) in [6.07, 6.45) is 1.98. The molecule has 0 unspecified atom stereocenters. The van der Waals surface area contributed by atoms with Crippen LogP contribution in [0.15, 0.2) is 11.8 Å². The van der Waals surface area contributed by atoms with Gasteiger partial charge in [-0.25, -0.2) is 4.79 Å². The number of aromatic nitrogens is 1. The van der Waals surface area contributed by atoms with E-state index in [0.717, 1.165) is 12.0 Å². The Kier molecular flexibility index (Phi) is 3.46. The monoisotopic (exact) mass is 263 g/mol. The molecule has 0 saturated carbocycles. The molecule has 5 nitrogen and oxygen atoms in total. The molecular weight excluding hydrogens is 246 g/mol. The average Bonchev–Trinajstić information content (AvgIpc) is 2.63. The van der Waals surface area contributed by atoms with Crippen molar-refractivity contribution in [2.75, 3.05) is 6.61 Å². The van der Waals surface area contributed by atoms with Crippen molar-refractivity contribution >= 4 is 11.8 Å². The van der Waals surface area contributed by atoms with Gasteiger partial charge >= 0.3 is 5.97 Å². The second-order valence-electron chi connectivity index (χ2n) is 4.56. The SMILES string of the molecule is CCOC(=O)c1c(C)c2c(n1C)CC/C(=C\O)C2=O. The fraction of sp³-hybridized carbons (Fsp3) is 0.429. The van der Waals surface area contributed by atoms with Gasteiger partial charge in [0.15, 0.2) is 5.78 Å². The number of Topliss-reactive ketones (excluding diaryl/α,β-unsaturated/α-hetero) is 1. The number of hydrogen-bond acceptors (Lipinski definition) is 4. The first-order valence-electron chi connectivity index (χ1n) is 6.26. The van der Waals surface area contributed by atoms with E-state index < -0.39 is 5.97 Å². The summed E-state index contributed by atoms with van der Waals surface area (Å²) in [7, 11) is 1.76. The molecule has 0 bridgehead atoms. The van der Waals surface area contributed by atoms with Gasteiger partial charge in [0.1, 0.15) is 5.69 Å². The molecule has 0 spiro atoms. The van der Waals surface area contributed by atoms with Crippen molar-refractivity contribution in [3.05, 3.63) is 34.3 Å². The summed E-state index contributed by atoms with van der Waals surface area (Å²) in [5.41, 5.74) is 2.78. The minimum Gasteiger partial charge on any atom is -0.515 e. The number of allylic oxidation sites excluding steroid dienone is 1. The Balaban J connectivity index is 2.58. The van der Waals surface area contributed by atoms with Crippen molar-refractivity contribution in [2.45, 2.75) is 26.7 Å². The highest BCUT2D eigenvalue weighted by molar-refractivity contribution is 6.13. The molecule has 0 aliphatic heterocycles. The van der Waals surface area contributed by atoms with E-state index in [1.54, 1.807) is 25.5 Å². The van der Waals surface area contributed by atoms with Gasteiger partial charge in [0.25, 0.3) is 0 Å². The molecule has 0 saturated heterocycles. The Hall–Kier alpha value is -2.04. The second kappa shape index (κ2) is 4.91. The average molecular weight is 263 g/mol. The fourth-order valence-electron chi connectivity index (χ4n) is 2.62. The largest absolute Gasteiger partial charge is 0.515 e. The molecule has 1 N–H and O–H groups in total. The minimum atomic E-state index is -0.417. The van der Waals surface area contributed by atoms with Gasteiger partial charge < -0.3 is 14.4 Å². The summed E-state index contributed by atoms with van der Waals surface area (Å²) in [6.45, 7) is 3.78. The van der Waals surface area contributed by atoms with Gasteiger partial charge in [-0.3, -0.25) is 4.79 Å². The molecule has 1 heterocycles. The van der Waals surface area contributed by atoms with Gasteiger partial charge in [-0.2, -0.15) is 0 Å². The van der Waals surface area contributed by atoms with E-state index in [1.165, 1.54) is 0 Å². The molecular formula is C14H17NO4.